The second-order valence-electron chi connectivity index (χ2n) is 3.23. The Balaban J connectivity index is 2.53. The lowest BCUT2D eigenvalue weighted by Gasteiger charge is -2.08. The van der Waals surface area contributed by atoms with Gasteiger partial charge in [0.05, 0.1) is 7.11 Å². The van der Waals surface area contributed by atoms with E-state index in [1.54, 1.807) is 14.2 Å². The molecule has 0 heterocycles. The molecule has 0 atom stereocenters. The van der Waals surface area contributed by atoms with E-state index in [1.807, 2.05) is 18.2 Å². The highest BCUT2D eigenvalue weighted by Gasteiger charge is 2.01. The maximum atomic E-state index is 11.0. The van der Waals surface area contributed by atoms with Crippen LogP contribution < -0.4 is 15.4 Å². The Kier molecular flexibility index (Phi) is 5.11. The first-order valence-electron chi connectivity index (χ1n) is 4.94. The number of hydrogen-bond acceptors (Lipinski definition) is 3. The van der Waals surface area contributed by atoms with Crippen LogP contribution in [-0.4, -0.2) is 26.6 Å². The summed E-state index contributed by atoms with van der Waals surface area (Å²) < 4.78 is 6.07. The topological polar surface area (TPSA) is 50.4 Å². The van der Waals surface area contributed by atoms with Crippen molar-refractivity contribution in [3.8, 4) is 5.75 Å². The van der Waals surface area contributed by atoms with Gasteiger partial charge in [-0.05, 0) is 12.1 Å². The van der Waals surface area contributed by atoms with Crippen molar-refractivity contribution in [3.05, 3.63) is 22.7 Å². The molecule has 1 amide bonds. The van der Waals surface area contributed by atoms with Gasteiger partial charge in [0.1, 0.15) is 5.75 Å². The third kappa shape index (κ3) is 4.10. The van der Waals surface area contributed by atoms with Gasteiger partial charge in [0.15, 0.2) is 0 Å². The van der Waals surface area contributed by atoms with Crippen LogP contribution in [0.1, 0.15) is 6.42 Å². The minimum Gasteiger partial charge on any atom is -0.497 e. The number of carbonyl (C=O) groups is 1. The number of methoxy groups -OCH3 is 1. The normalized spacial score (nSPS) is 9.69. The Labute approximate surface area is 103 Å². The average Bonchev–Trinajstić information content (AvgIpc) is 2.28. The van der Waals surface area contributed by atoms with Gasteiger partial charge in [-0.3, -0.25) is 4.79 Å². The van der Waals surface area contributed by atoms with E-state index in [0.29, 0.717) is 13.0 Å². The number of benzene rings is 1. The van der Waals surface area contributed by atoms with Gasteiger partial charge < -0.3 is 15.4 Å². The van der Waals surface area contributed by atoms with Crippen molar-refractivity contribution in [2.75, 3.05) is 26.0 Å². The summed E-state index contributed by atoms with van der Waals surface area (Å²) in [6.45, 7) is 0.597. The van der Waals surface area contributed by atoms with Crippen molar-refractivity contribution in [3.63, 3.8) is 0 Å². The molecular formula is C11H15BrN2O2. The zero-order valence-electron chi connectivity index (χ0n) is 9.34. The maximum Gasteiger partial charge on any atom is 0.221 e. The van der Waals surface area contributed by atoms with Crippen LogP contribution in [0, 0.1) is 0 Å². The zero-order valence-corrected chi connectivity index (χ0v) is 10.9. The summed E-state index contributed by atoms with van der Waals surface area (Å²) in [5.41, 5.74) is 0.926. The minimum absolute atomic E-state index is 0.0226. The summed E-state index contributed by atoms with van der Waals surface area (Å²) in [5, 5.41) is 5.73. The third-order valence-electron chi connectivity index (χ3n) is 2.07. The monoisotopic (exact) mass is 286 g/mol. The molecule has 1 rings (SSSR count). The largest absolute Gasteiger partial charge is 0.497 e. The van der Waals surface area contributed by atoms with E-state index in [2.05, 4.69) is 26.6 Å². The molecule has 0 unspecified atom stereocenters. The molecule has 0 fully saturated rings. The van der Waals surface area contributed by atoms with Crippen LogP contribution >= 0.6 is 15.9 Å². The Morgan fingerprint density at radius 2 is 2.19 bits per heavy atom. The summed E-state index contributed by atoms with van der Waals surface area (Å²) in [5.74, 6) is 0.797. The maximum absolute atomic E-state index is 11.0. The predicted molar refractivity (Wildman–Crippen MR) is 67.9 cm³/mol. The Bertz CT molecular complexity index is 369. The molecule has 88 valence electrons. The number of halogens is 1. The van der Waals surface area contributed by atoms with Crippen molar-refractivity contribution >= 4 is 27.5 Å². The second kappa shape index (κ2) is 6.37. The molecule has 0 radical (unpaired) electrons. The van der Waals surface area contributed by atoms with Gasteiger partial charge in [0.25, 0.3) is 0 Å². The van der Waals surface area contributed by atoms with Gasteiger partial charge >= 0.3 is 0 Å². The smallest absolute Gasteiger partial charge is 0.221 e. The Morgan fingerprint density at radius 1 is 1.44 bits per heavy atom. The first-order valence-corrected chi connectivity index (χ1v) is 5.74. The van der Waals surface area contributed by atoms with Crippen molar-refractivity contribution < 1.29 is 9.53 Å². The van der Waals surface area contributed by atoms with Crippen LogP contribution in [0.25, 0.3) is 0 Å². The van der Waals surface area contributed by atoms with Gasteiger partial charge in [-0.1, -0.05) is 15.9 Å². The molecule has 2 N–H and O–H groups in total. The van der Waals surface area contributed by atoms with Crippen LogP contribution in [0.15, 0.2) is 22.7 Å². The van der Waals surface area contributed by atoms with Gasteiger partial charge in [-0.2, -0.15) is 0 Å². The Hall–Kier alpha value is -1.23. The van der Waals surface area contributed by atoms with Crippen molar-refractivity contribution in [2.45, 2.75) is 6.42 Å². The molecule has 0 aliphatic carbocycles. The van der Waals surface area contributed by atoms with Gasteiger partial charge in [-0.25, -0.2) is 0 Å². The van der Waals surface area contributed by atoms with Crippen LogP contribution in [-0.2, 0) is 4.79 Å². The molecule has 16 heavy (non-hydrogen) atoms. The van der Waals surface area contributed by atoms with Crippen molar-refractivity contribution in [1.82, 2.24) is 5.32 Å². The van der Waals surface area contributed by atoms with E-state index in [9.17, 15) is 4.79 Å². The highest BCUT2D eigenvalue weighted by molar-refractivity contribution is 9.10. The summed E-state index contributed by atoms with van der Waals surface area (Å²) in [6.07, 6.45) is 0.450. The predicted octanol–water partition coefficient (Wildman–Crippen LogP) is 2.01. The number of ether oxygens (including phenoxy) is 1. The molecule has 0 bridgehead atoms. The average molecular weight is 287 g/mol. The molecule has 1 aromatic rings. The quantitative estimate of drug-likeness (QED) is 0.871. The first kappa shape index (κ1) is 12.8. The zero-order chi connectivity index (χ0) is 12.0. The van der Waals surface area contributed by atoms with E-state index in [4.69, 9.17) is 4.74 Å². The third-order valence-corrected chi connectivity index (χ3v) is 2.52. The Morgan fingerprint density at radius 3 is 2.81 bits per heavy atom. The van der Waals surface area contributed by atoms with Crippen LogP contribution in [0.5, 0.6) is 5.75 Å². The fraction of sp³-hybridized carbons (Fsp3) is 0.364. The number of rotatable bonds is 5. The lowest BCUT2D eigenvalue weighted by molar-refractivity contribution is -0.120. The van der Waals surface area contributed by atoms with E-state index >= 15 is 0 Å². The second-order valence-corrected chi connectivity index (χ2v) is 4.15. The fourth-order valence-electron chi connectivity index (χ4n) is 1.23. The number of carbonyl (C=O) groups excluding carboxylic acids is 1. The van der Waals surface area contributed by atoms with Gasteiger partial charge in [-0.15, -0.1) is 0 Å². The lowest BCUT2D eigenvalue weighted by Crippen LogP contribution is -2.20. The van der Waals surface area contributed by atoms with Crippen molar-refractivity contribution in [1.29, 1.82) is 0 Å². The standard InChI is InChI=1S/C11H15BrN2O2/c1-13-11(15)3-4-14-9-5-8(12)6-10(7-9)16-2/h5-7,14H,3-4H2,1-2H3,(H,13,15). The molecule has 0 spiro atoms. The number of hydrogen-bond donors (Lipinski definition) is 2. The van der Waals surface area contributed by atoms with Crippen LogP contribution in [0.3, 0.4) is 0 Å². The molecule has 0 saturated carbocycles. The van der Waals surface area contributed by atoms with Crippen molar-refractivity contribution in [2.24, 2.45) is 0 Å². The van der Waals surface area contributed by atoms with Gasteiger partial charge in [0, 0.05) is 36.2 Å². The SMILES string of the molecule is CNC(=O)CCNc1cc(Br)cc(OC)c1. The molecule has 0 aromatic heterocycles. The van der Waals surface area contributed by atoms with E-state index in [-0.39, 0.29) is 5.91 Å². The summed E-state index contributed by atoms with van der Waals surface area (Å²) >= 11 is 3.39. The first-order chi connectivity index (χ1) is 7.65. The highest BCUT2D eigenvalue weighted by Crippen LogP contribution is 2.24. The van der Waals surface area contributed by atoms with Gasteiger partial charge in [0.2, 0.25) is 5.91 Å². The fourth-order valence-corrected chi connectivity index (χ4v) is 1.70. The number of nitrogens with one attached hydrogen (secondary N) is 2. The van der Waals surface area contributed by atoms with Crippen LogP contribution in [0.2, 0.25) is 0 Å². The van der Waals surface area contributed by atoms with Crippen LogP contribution in [0.4, 0.5) is 5.69 Å². The number of amides is 1. The molecule has 0 aliphatic heterocycles. The number of anilines is 1. The molecule has 0 aliphatic rings. The molecular weight excluding hydrogens is 272 g/mol. The van der Waals surface area contributed by atoms with E-state index < -0.39 is 0 Å². The molecule has 5 heteroatoms. The highest BCUT2D eigenvalue weighted by atomic mass is 79.9. The summed E-state index contributed by atoms with van der Waals surface area (Å²) in [4.78, 5) is 11.0. The molecule has 4 nitrogen and oxygen atoms in total. The minimum atomic E-state index is 0.0226. The molecule has 0 saturated heterocycles. The summed E-state index contributed by atoms with van der Waals surface area (Å²) in [7, 11) is 3.25. The summed E-state index contributed by atoms with van der Waals surface area (Å²) in [6, 6.07) is 5.70. The lowest BCUT2D eigenvalue weighted by atomic mass is 10.3. The van der Waals surface area contributed by atoms with E-state index in [0.717, 1.165) is 15.9 Å². The van der Waals surface area contributed by atoms with E-state index in [1.165, 1.54) is 0 Å². The molecule has 1 aromatic carbocycles.